The summed E-state index contributed by atoms with van der Waals surface area (Å²) in [7, 11) is 1.52. The van der Waals surface area contributed by atoms with Crippen LogP contribution in [0.4, 0.5) is 4.39 Å². The van der Waals surface area contributed by atoms with Gasteiger partial charge in [0, 0.05) is 5.56 Å². The molecule has 2 rings (SSSR count). The van der Waals surface area contributed by atoms with E-state index < -0.39 is 24.2 Å². The molecule has 2 amide bonds. The van der Waals surface area contributed by atoms with Gasteiger partial charge in [-0.15, -0.1) is 0 Å². The lowest BCUT2D eigenvalue weighted by Crippen LogP contribution is -2.44. The lowest BCUT2D eigenvalue weighted by Gasteiger charge is -2.11. The summed E-state index contributed by atoms with van der Waals surface area (Å²) in [6, 6.07) is 11.2. The van der Waals surface area contributed by atoms with E-state index in [-0.39, 0.29) is 12.2 Å². The highest BCUT2D eigenvalue weighted by Gasteiger charge is 2.11. The molecule has 132 valence electrons. The second-order valence-corrected chi connectivity index (χ2v) is 5.31. The van der Waals surface area contributed by atoms with E-state index in [1.807, 2.05) is 19.1 Å². The average molecular weight is 346 g/mol. The summed E-state index contributed by atoms with van der Waals surface area (Å²) in [4.78, 5) is 23.6. The molecule has 0 heterocycles. The summed E-state index contributed by atoms with van der Waals surface area (Å²) >= 11 is 0. The molecule has 2 aromatic rings. The predicted molar refractivity (Wildman–Crippen MR) is 89.6 cm³/mol. The number of amides is 2. The number of aryl methyl sites for hydroxylation is 1. The SMILES string of the molecule is COc1ccc(C)cc1CC(=O)NNC(=O)COc1ccccc1F. The molecule has 0 unspecified atom stereocenters. The van der Waals surface area contributed by atoms with Gasteiger partial charge in [0.05, 0.1) is 13.5 Å². The van der Waals surface area contributed by atoms with Crippen molar-refractivity contribution >= 4 is 11.8 Å². The number of nitrogens with one attached hydrogen (secondary N) is 2. The Morgan fingerprint density at radius 2 is 1.76 bits per heavy atom. The van der Waals surface area contributed by atoms with Crippen LogP contribution in [0.25, 0.3) is 0 Å². The molecule has 0 bridgehead atoms. The second-order valence-electron chi connectivity index (χ2n) is 5.31. The minimum Gasteiger partial charge on any atom is -0.496 e. The van der Waals surface area contributed by atoms with Crippen LogP contribution in [-0.4, -0.2) is 25.5 Å². The van der Waals surface area contributed by atoms with E-state index in [9.17, 15) is 14.0 Å². The molecule has 25 heavy (non-hydrogen) atoms. The molecular formula is C18H19FN2O4. The molecule has 2 N–H and O–H groups in total. The Hall–Kier alpha value is -3.09. The van der Waals surface area contributed by atoms with E-state index in [1.54, 1.807) is 12.1 Å². The molecule has 2 aromatic carbocycles. The highest BCUT2D eigenvalue weighted by atomic mass is 19.1. The Kier molecular flexibility index (Phi) is 6.33. The van der Waals surface area contributed by atoms with E-state index in [0.717, 1.165) is 5.56 Å². The van der Waals surface area contributed by atoms with Crippen molar-refractivity contribution in [3.8, 4) is 11.5 Å². The van der Waals surface area contributed by atoms with Crippen LogP contribution in [-0.2, 0) is 16.0 Å². The molecule has 0 aliphatic carbocycles. The number of benzene rings is 2. The van der Waals surface area contributed by atoms with Crippen LogP contribution in [0.1, 0.15) is 11.1 Å². The normalized spacial score (nSPS) is 10.0. The summed E-state index contributed by atoms with van der Waals surface area (Å²) in [6.07, 6.45) is 0.0410. The maximum atomic E-state index is 13.4. The number of hydrogen-bond acceptors (Lipinski definition) is 4. The van der Waals surface area contributed by atoms with E-state index in [1.165, 1.54) is 25.3 Å². The third-order valence-electron chi connectivity index (χ3n) is 3.32. The van der Waals surface area contributed by atoms with Crippen LogP contribution in [0.5, 0.6) is 11.5 Å². The zero-order valence-electron chi connectivity index (χ0n) is 14.0. The molecule has 0 aliphatic heterocycles. The van der Waals surface area contributed by atoms with Crippen LogP contribution in [0.3, 0.4) is 0 Å². The Bertz CT molecular complexity index is 764. The van der Waals surface area contributed by atoms with Crippen molar-refractivity contribution in [3.05, 3.63) is 59.4 Å². The lowest BCUT2D eigenvalue weighted by atomic mass is 10.1. The predicted octanol–water partition coefficient (Wildman–Crippen LogP) is 1.91. The molecule has 6 nitrogen and oxygen atoms in total. The fourth-order valence-corrected chi connectivity index (χ4v) is 2.14. The first-order valence-electron chi connectivity index (χ1n) is 7.58. The van der Waals surface area contributed by atoms with Crippen molar-refractivity contribution in [2.24, 2.45) is 0 Å². The van der Waals surface area contributed by atoms with Gasteiger partial charge in [-0.2, -0.15) is 0 Å². The first kappa shape index (κ1) is 18.3. The topological polar surface area (TPSA) is 76.7 Å². The van der Waals surface area contributed by atoms with Crippen molar-refractivity contribution in [2.45, 2.75) is 13.3 Å². The van der Waals surface area contributed by atoms with Crippen molar-refractivity contribution in [1.82, 2.24) is 10.9 Å². The summed E-state index contributed by atoms with van der Waals surface area (Å²) in [5.74, 6) is -1.02. The lowest BCUT2D eigenvalue weighted by molar-refractivity contribution is -0.129. The Labute approximate surface area is 144 Å². The van der Waals surface area contributed by atoms with Crippen LogP contribution >= 0.6 is 0 Å². The zero-order chi connectivity index (χ0) is 18.2. The molecule has 0 atom stereocenters. The van der Waals surface area contributed by atoms with E-state index in [0.29, 0.717) is 11.3 Å². The smallest absolute Gasteiger partial charge is 0.276 e. The fraction of sp³-hybridized carbons (Fsp3) is 0.222. The Morgan fingerprint density at radius 3 is 2.48 bits per heavy atom. The van der Waals surface area contributed by atoms with E-state index in [4.69, 9.17) is 9.47 Å². The maximum absolute atomic E-state index is 13.4. The quantitative estimate of drug-likeness (QED) is 0.784. The number of ether oxygens (including phenoxy) is 2. The highest BCUT2D eigenvalue weighted by Crippen LogP contribution is 2.20. The Morgan fingerprint density at radius 1 is 1.04 bits per heavy atom. The van der Waals surface area contributed by atoms with Gasteiger partial charge in [0.25, 0.3) is 5.91 Å². The minimum absolute atomic E-state index is 0.0338. The van der Waals surface area contributed by atoms with Crippen LogP contribution in [0.15, 0.2) is 42.5 Å². The van der Waals surface area contributed by atoms with Gasteiger partial charge in [-0.1, -0.05) is 29.8 Å². The van der Waals surface area contributed by atoms with Gasteiger partial charge in [0.15, 0.2) is 18.2 Å². The molecule has 0 aromatic heterocycles. The molecule has 0 radical (unpaired) electrons. The zero-order valence-corrected chi connectivity index (χ0v) is 14.0. The number of carbonyl (C=O) groups is 2. The largest absolute Gasteiger partial charge is 0.496 e. The number of hydrogen-bond donors (Lipinski definition) is 2. The molecule has 0 spiro atoms. The van der Waals surface area contributed by atoms with E-state index in [2.05, 4.69) is 10.9 Å². The van der Waals surface area contributed by atoms with Gasteiger partial charge >= 0.3 is 0 Å². The number of hydrazine groups is 1. The van der Waals surface area contributed by atoms with Crippen molar-refractivity contribution < 1.29 is 23.5 Å². The van der Waals surface area contributed by atoms with Crippen molar-refractivity contribution in [3.63, 3.8) is 0 Å². The summed E-state index contributed by atoms with van der Waals surface area (Å²) in [5, 5.41) is 0. The van der Waals surface area contributed by atoms with Gasteiger partial charge in [-0.25, -0.2) is 4.39 Å². The number of rotatable bonds is 6. The number of carbonyl (C=O) groups excluding carboxylic acids is 2. The molecule has 0 aliphatic rings. The third-order valence-corrected chi connectivity index (χ3v) is 3.32. The summed E-state index contributed by atoms with van der Waals surface area (Å²) < 4.78 is 23.6. The first-order chi connectivity index (χ1) is 12.0. The van der Waals surface area contributed by atoms with Crippen LogP contribution in [0, 0.1) is 12.7 Å². The minimum atomic E-state index is -0.604. The van der Waals surface area contributed by atoms with Gasteiger partial charge in [0.2, 0.25) is 5.91 Å². The first-order valence-corrected chi connectivity index (χ1v) is 7.58. The highest BCUT2D eigenvalue weighted by molar-refractivity contribution is 5.84. The van der Waals surface area contributed by atoms with Crippen molar-refractivity contribution in [1.29, 1.82) is 0 Å². The average Bonchev–Trinajstić information content (AvgIpc) is 2.59. The molecule has 0 saturated heterocycles. The van der Waals surface area contributed by atoms with Gasteiger partial charge < -0.3 is 9.47 Å². The standard InChI is InChI=1S/C18H19FN2O4/c1-12-7-8-15(24-2)13(9-12)10-17(22)20-21-18(23)11-25-16-6-4-3-5-14(16)19/h3-9H,10-11H2,1-2H3,(H,20,22)(H,21,23). The number of para-hydroxylation sites is 1. The van der Waals surface area contributed by atoms with Crippen LogP contribution in [0.2, 0.25) is 0 Å². The Balaban J connectivity index is 1.81. The number of halogens is 1. The van der Waals surface area contributed by atoms with Crippen LogP contribution < -0.4 is 20.3 Å². The maximum Gasteiger partial charge on any atom is 0.276 e. The van der Waals surface area contributed by atoms with Gasteiger partial charge in [-0.3, -0.25) is 20.4 Å². The molecule has 0 saturated carbocycles. The summed E-state index contributed by atoms with van der Waals surface area (Å²) in [6.45, 7) is 1.48. The third kappa shape index (κ3) is 5.49. The van der Waals surface area contributed by atoms with Gasteiger partial charge in [-0.05, 0) is 25.1 Å². The molecule has 7 heteroatoms. The molecular weight excluding hydrogens is 327 g/mol. The number of methoxy groups -OCH3 is 1. The molecule has 0 fully saturated rings. The summed E-state index contributed by atoms with van der Waals surface area (Å²) in [5.41, 5.74) is 6.20. The second kappa shape index (κ2) is 8.68. The van der Waals surface area contributed by atoms with Gasteiger partial charge in [0.1, 0.15) is 5.75 Å². The fourth-order valence-electron chi connectivity index (χ4n) is 2.14. The van der Waals surface area contributed by atoms with Crippen molar-refractivity contribution in [2.75, 3.05) is 13.7 Å². The monoisotopic (exact) mass is 346 g/mol. The van der Waals surface area contributed by atoms with E-state index >= 15 is 0 Å².